The van der Waals surface area contributed by atoms with E-state index in [-0.39, 0.29) is 6.10 Å². The lowest BCUT2D eigenvalue weighted by Gasteiger charge is -2.05. The summed E-state index contributed by atoms with van der Waals surface area (Å²) in [6.07, 6.45) is 2.64. The molecule has 1 aliphatic rings. The van der Waals surface area contributed by atoms with Crippen molar-refractivity contribution in [2.45, 2.75) is 46.6 Å². The average Bonchev–Trinajstić information content (AvgIpc) is 2.86. The molecule has 2 heteroatoms. The van der Waals surface area contributed by atoms with Crippen molar-refractivity contribution in [3.05, 3.63) is 0 Å². The molecule has 0 N–H and O–H groups in total. The van der Waals surface area contributed by atoms with Gasteiger partial charge in [-0.3, -0.25) is 0 Å². The molecule has 2 nitrogen and oxygen atoms in total. The summed E-state index contributed by atoms with van der Waals surface area (Å²) in [5.41, 5.74) is 0.866. The minimum atomic E-state index is 0.131. The van der Waals surface area contributed by atoms with E-state index >= 15 is 0 Å². The third-order valence-corrected chi connectivity index (χ3v) is 1.89. The van der Waals surface area contributed by atoms with Gasteiger partial charge in [-0.1, -0.05) is 24.9 Å². The second-order valence-corrected chi connectivity index (χ2v) is 4.33. The predicted octanol–water partition coefficient (Wildman–Crippen LogP) is 2.84. The Kier molecular flexibility index (Phi) is 4.00. The van der Waals surface area contributed by atoms with Crippen molar-refractivity contribution >= 4 is 5.71 Å². The fraction of sp³-hybridized carbons (Fsp3) is 0.750. The van der Waals surface area contributed by atoms with Crippen LogP contribution in [0.25, 0.3) is 0 Å². The summed E-state index contributed by atoms with van der Waals surface area (Å²) in [5, 5.41) is 4.07. The van der Waals surface area contributed by atoms with Crippen molar-refractivity contribution in [3.8, 4) is 11.8 Å². The van der Waals surface area contributed by atoms with Crippen LogP contribution >= 0.6 is 0 Å². The molecule has 0 aromatic carbocycles. The second kappa shape index (κ2) is 5.05. The van der Waals surface area contributed by atoms with Gasteiger partial charge >= 0.3 is 0 Å². The molecule has 78 valence electrons. The van der Waals surface area contributed by atoms with Gasteiger partial charge in [0.2, 0.25) is 0 Å². The maximum Gasteiger partial charge on any atom is 0.132 e. The van der Waals surface area contributed by atoms with Crippen molar-refractivity contribution in [1.82, 2.24) is 0 Å². The molecular weight excluding hydrogens is 174 g/mol. The number of hydrogen-bond donors (Lipinski definition) is 0. The summed E-state index contributed by atoms with van der Waals surface area (Å²) in [7, 11) is 0. The van der Waals surface area contributed by atoms with E-state index in [1.54, 1.807) is 0 Å². The Morgan fingerprint density at radius 1 is 1.29 bits per heavy atom. The first-order valence-corrected chi connectivity index (χ1v) is 5.35. The minimum Gasteiger partial charge on any atom is -0.392 e. The van der Waals surface area contributed by atoms with Crippen molar-refractivity contribution in [3.63, 3.8) is 0 Å². The Bertz CT molecular complexity index is 264. The van der Waals surface area contributed by atoms with Crippen molar-refractivity contribution in [1.29, 1.82) is 0 Å². The zero-order valence-corrected chi connectivity index (χ0v) is 9.50. The van der Waals surface area contributed by atoms with Crippen LogP contribution in [0.2, 0.25) is 0 Å². The molecule has 0 atom stereocenters. The van der Waals surface area contributed by atoms with Gasteiger partial charge < -0.3 is 4.84 Å². The Morgan fingerprint density at radius 2 is 1.93 bits per heavy atom. The smallest absolute Gasteiger partial charge is 0.132 e. The first-order valence-electron chi connectivity index (χ1n) is 5.35. The fourth-order valence-electron chi connectivity index (χ4n) is 0.838. The summed E-state index contributed by atoms with van der Waals surface area (Å²) in [6, 6.07) is 0. The van der Waals surface area contributed by atoms with Crippen LogP contribution in [0.3, 0.4) is 0 Å². The van der Waals surface area contributed by atoms with E-state index in [0.717, 1.165) is 5.71 Å². The van der Waals surface area contributed by atoms with Gasteiger partial charge in [-0.25, -0.2) is 0 Å². The van der Waals surface area contributed by atoms with Gasteiger partial charge in [0.15, 0.2) is 0 Å². The summed E-state index contributed by atoms with van der Waals surface area (Å²) in [5.74, 6) is 7.28. The number of nitrogens with zero attached hydrogens (tertiary/aromatic N) is 1. The molecule has 0 aromatic rings. The van der Waals surface area contributed by atoms with Crippen LogP contribution in [-0.4, -0.2) is 11.8 Å². The highest BCUT2D eigenvalue weighted by Gasteiger charge is 2.18. The van der Waals surface area contributed by atoms with E-state index in [2.05, 4.69) is 30.8 Å². The molecule has 1 rings (SSSR count). The monoisotopic (exact) mass is 193 g/mol. The van der Waals surface area contributed by atoms with Crippen LogP contribution in [0.15, 0.2) is 5.16 Å². The van der Waals surface area contributed by atoms with Crippen molar-refractivity contribution in [2.75, 3.05) is 0 Å². The maximum absolute atomic E-state index is 5.20. The number of hydrogen-bond acceptors (Lipinski definition) is 2. The zero-order valence-electron chi connectivity index (χ0n) is 9.50. The van der Waals surface area contributed by atoms with Crippen LogP contribution in [0.5, 0.6) is 0 Å². The molecule has 0 aromatic heterocycles. The van der Waals surface area contributed by atoms with E-state index in [9.17, 15) is 0 Å². The fourth-order valence-corrected chi connectivity index (χ4v) is 0.838. The minimum absolute atomic E-state index is 0.131. The van der Waals surface area contributed by atoms with Gasteiger partial charge in [-0.15, -0.1) is 0 Å². The van der Waals surface area contributed by atoms with E-state index in [1.165, 1.54) is 12.8 Å². The Morgan fingerprint density at radius 3 is 2.36 bits per heavy atom. The molecule has 1 fully saturated rings. The second-order valence-electron chi connectivity index (χ2n) is 4.33. The van der Waals surface area contributed by atoms with Gasteiger partial charge in [-0.05, 0) is 32.6 Å². The Labute approximate surface area is 86.7 Å². The largest absolute Gasteiger partial charge is 0.392 e. The molecule has 14 heavy (non-hydrogen) atoms. The zero-order chi connectivity index (χ0) is 10.6. The summed E-state index contributed by atoms with van der Waals surface area (Å²) >= 11 is 0. The standard InChI is InChI=1S/C12H19NO/c1-9(2)12(13-14-10(3)4)8-7-11-5-6-11/h9-11H,5-6H2,1-4H3/b13-12+. The summed E-state index contributed by atoms with van der Waals surface area (Å²) < 4.78 is 0. The molecule has 0 spiro atoms. The van der Waals surface area contributed by atoms with Crippen molar-refractivity contribution < 1.29 is 4.84 Å². The van der Waals surface area contributed by atoms with E-state index in [1.807, 2.05) is 13.8 Å². The van der Waals surface area contributed by atoms with Gasteiger partial charge in [0, 0.05) is 11.8 Å². The lowest BCUT2D eigenvalue weighted by Crippen LogP contribution is -2.08. The highest BCUT2D eigenvalue weighted by Crippen LogP contribution is 2.27. The average molecular weight is 193 g/mol. The normalized spacial score (nSPS) is 16.9. The van der Waals surface area contributed by atoms with Gasteiger partial charge in [0.05, 0.1) is 0 Å². The highest BCUT2D eigenvalue weighted by atomic mass is 16.6. The van der Waals surface area contributed by atoms with E-state index < -0.39 is 0 Å². The van der Waals surface area contributed by atoms with Crippen molar-refractivity contribution in [2.24, 2.45) is 17.0 Å². The Balaban J connectivity index is 2.54. The molecule has 0 aliphatic heterocycles. The molecule has 0 radical (unpaired) electrons. The Hall–Kier alpha value is -0.970. The first kappa shape index (κ1) is 11.1. The predicted molar refractivity (Wildman–Crippen MR) is 59.0 cm³/mol. The molecule has 1 saturated carbocycles. The summed E-state index contributed by atoms with van der Waals surface area (Å²) in [4.78, 5) is 5.20. The van der Waals surface area contributed by atoms with E-state index in [4.69, 9.17) is 4.84 Å². The number of rotatable bonds is 3. The molecule has 1 aliphatic carbocycles. The lowest BCUT2D eigenvalue weighted by atomic mass is 10.1. The topological polar surface area (TPSA) is 21.6 Å². The highest BCUT2D eigenvalue weighted by molar-refractivity contribution is 6.01. The van der Waals surface area contributed by atoms with Crippen LogP contribution < -0.4 is 0 Å². The lowest BCUT2D eigenvalue weighted by molar-refractivity contribution is 0.0853. The van der Waals surface area contributed by atoms with Crippen LogP contribution in [-0.2, 0) is 4.84 Å². The van der Waals surface area contributed by atoms with E-state index in [0.29, 0.717) is 11.8 Å². The van der Waals surface area contributed by atoms with Gasteiger partial charge in [0.25, 0.3) is 0 Å². The third kappa shape index (κ3) is 4.32. The third-order valence-electron chi connectivity index (χ3n) is 1.89. The van der Waals surface area contributed by atoms with Gasteiger partial charge in [0.1, 0.15) is 11.8 Å². The molecule has 0 saturated heterocycles. The SMILES string of the molecule is CC(C)O/N=C(\C#CC1CC1)C(C)C. The quantitative estimate of drug-likeness (QED) is 0.383. The molecule has 0 heterocycles. The van der Waals surface area contributed by atoms with Crippen LogP contribution in [0.1, 0.15) is 40.5 Å². The van der Waals surface area contributed by atoms with Crippen LogP contribution in [0, 0.1) is 23.7 Å². The molecule has 0 unspecified atom stereocenters. The maximum atomic E-state index is 5.20. The molecule has 0 amide bonds. The first-order chi connectivity index (χ1) is 6.59. The number of oxime groups is 1. The summed E-state index contributed by atoms with van der Waals surface area (Å²) in [6.45, 7) is 8.11. The molecular formula is C12H19NO. The van der Waals surface area contributed by atoms with Crippen LogP contribution in [0.4, 0.5) is 0 Å². The molecule has 0 bridgehead atoms. The van der Waals surface area contributed by atoms with Gasteiger partial charge in [-0.2, -0.15) is 0 Å².